The normalized spacial score (nSPS) is 17.2. The van der Waals surface area contributed by atoms with E-state index in [1.165, 1.54) is 18.2 Å². The maximum Gasteiger partial charge on any atom is 0.266 e. The van der Waals surface area contributed by atoms with Crippen molar-refractivity contribution in [2.45, 2.75) is 18.9 Å². The van der Waals surface area contributed by atoms with Gasteiger partial charge in [-0.15, -0.1) is 0 Å². The van der Waals surface area contributed by atoms with Crippen LogP contribution in [0.3, 0.4) is 0 Å². The summed E-state index contributed by atoms with van der Waals surface area (Å²) >= 11 is 0. The van der Waals surface area contributed by atoms with E-state index >= 15 is 0 Å². The monoisotopic (exact) mass is 506 g/mol. The van der Waals surface area contributed by atoms with Crippen LogP contribution in [0.4, 0.5) is 0 Å². The highest BCUT2D eigenvalue weighted by atomic mass is 16.5. The molecule has 1 atom stereocenters. The minimum atomic E-state index is -1.08. The number of fused-ring (bicyclic) bond motifs is 1. The van der Waals surface area contributed by atoms with Crippen LogP contribution in [0.15, 0.2) is 18.2 Å². The number of rotatable bonds is 15. The minimum absolute atomic E-state index is 0.0169. The summed E-state index contributed by atoms with van der Waals surface area (Å²) in [5.74, 6) is -2.90. The number of imide groups is 2. The molecule has 0 spiro atoms. The Hall–Kier alpha value is -3.39. The number of carbonyl (C=O) groups excluding carboxylic acids is 5. The first-order valence-electron chi connectivity index (χ1n) is 11.6. The maximum absolute atomic E-state index is 13.0. The van der Waals surface area contributed by atoms with Crippen LogP contribution in [0, 0.1) is 0 Å². The lowest BCUT2D eigenvalue weighted by atomic mass is 10.0. The highest BCUT2D eigenvalue weighted by Gasteiger charge is 2.46. The van der Waals surface area contributed by atoms with E-state index in [1.807, 2.05) is 0 Å². The van der Waals surface area contributed by atoms with E-state index in [4.69, 9.17) is 24.7 Å². The molecule has 0 bridgehead atoms. The summed E-state index contributed by atoms with van der Waals surface area (Å²) < 4.78 is 21.4. The van der Waals surface area contributed by atoms with Gasteiger partial charge in [-0.25, -0.2) is 0 Å². The first-order valence-corrected chi connectivity index (χ1v) is 11.6. The largest absolute Gasteiger partial charge is 0.483 e. The van der Waals surface area contributed by atoms with Gasteiger partial charge in [0.05, 0.1) is 50.8 Å². The Morgan fingerprint density at radius 1 is 1.00 bits per heavy atom. The molecule has 0 radical (unpaired) electrons. The first kappa shape index (κ1) is 27.2. The number of hydrogen-bond donors (Lipinski definition) is 3. The van der Waals surface area contributed by atoms with E-state index in [1.54, 1.807) is 0 Å². The Morgan fingerprint density at radius 3 is 2.39 bits per heavy atom. The number of nitrogens with one attached hydrogen (secondary N) is 2. The van der Waals surface area contributed by atoms with Crippen molar-refractivity contribution in [1.82, 2.24) is 15.5 Å². The van der Waals surface area contributed by atoms with Gasteiger partial charge in [-0.2, -0.15) is 0 Å². The molecule has 13 heteroatoms. The molecule has 36 heavy (non-hydrogen) atoms. The van der Waals surface area contributed by atoms with Gasteiger partial charge < -0.3 is 30.0 Å². The summed E-state index contributed by atoms with van der Waals surface area (Å²) in [5, 5.41) is 4.77. The van der Waals surface area contributed by atoms with Gasteiger partial charge in [0.1, 0.15) is 11.8 Å². The third kappa shape index (κ3) is 7.07. The second kappa shape index (κ2) is 13.6. The van der Waals surface area contributed by atoms with Crippen molar-refractivity contribution in [2.24, 2.45) is 5.73 Å². The van der Waals surface area contributed by atoms with Crippen molar-refractivity contribution in [3.05, 3.63) is 29.3 Å². The summed E-state index contributed by atoms with van der Waals surface area (Å²) in [5.41, 5.74) is 5.36. The molecule has 196 valence electrons. The molecule has 1 fully saturated rings. The molecule has 1 aromatic rings. The van der Waals surface area contributed by atoms with E-state index in [0.717, 1.165) is 4.90 Å². The van der Waals surface area contributed by atoms with Crippen molar-refractivity contribution in [1.29, 1.82) is 0 Å². The number of amides is 5. The zero-order valence-corrected chi connectivity index (χ0v) is 19.8. The predicted octanol–water partition coefficient (Wildman–Crippen LogP) is -1.41. The Morgan fingerprint density at radius 2 is 1.69 bits per heavy atom. The standard InChI is InChI=1S/C23H30N4O9/c24-6-8-33-10-12-35-13-11-34-9-7-25-19(29)14-36-17-3-1-2-15-20(17)23(32)27(22(15)31)16-4-5-18(28)26-21(16)30/h1-3,16H,4-14,24H2,(H,25,29)(H,26,28,30). The van der Waals surface area contributed by atoms with Gasteiger partial charge in [0.25, 0.3) is 17.7 Å². The number of benzene rings is 1. The maximum atomic E-state index is 13.0. The van der Waals surface area contributed by atoms with Crippen molar-refractivity contribution < 1.29 is 42.9 Å². The molecule has 0 aliphatic carbocycles. The average Bonchev–Trinajstić information content (AvgIpc) is 3.11. The Kier molecular flexibility index (Phi) is 10.3. The Bertz CT molecular complexity index is 984. The molecule has 2 heterocycles. The number of ether oxygens (including phenoxy) is 4. The van der Waals surface area contributed by atoms with Crippen LogP contribution >= 0.6 is 0 Å². The van der Waals surface area contributed by atoms with Gasteiger partial charge in [0.15, 0.2) is 6.61 Å². The fourth-order valence-corrected chi connectivity index (χ4v) is 3.69. The highest BCUT2D eigenvalue weighted by molar-refractivity contribution is 6.24. The molecule has 1 saturated heterocycles. The number of nitrogens with zero attached hydrogens (tertiary/aromatic N) is 1. The zero-order valence-electron chi connectivity index (χ0n) is 19.8. The first-order chi connectivity index (χ1) is 17.4. The van der Waals surface area contributed by atoms with Crippen molar-refractivity contribution in [2.75, 3.05) is 59.3 Å². The summed E-state index contributed by atoms with van der Waals surface area (Å²) in [6.45, 7) is 2.75. The van der Waals surface area contributed by atoms with E-state index in [-0.39, 0.29) is 49.5 Å². The summed E-state index contributed by atoms with van der Waals surface area (Å²) in [6, 6.07) is 3.35. The van der Waals surface area contributed by atoms with Crippen molar-refractivity contribution in [3.63, 3.8) is 0 Å². The predicted molar refractivity (Wildman–Crippen MR) is 123 cm³/mol. The molecule has 5 amide bonds. The SMILES string of the molecule is NCCOCCOCCOCCNC(=O)COc1cccc2c1C(=O)N(C1CCC(=O)NC1=O)C2=O. The number of piperidine rings is 1. The summed E-state index contributed by atoms with van der Waals surface area (Å²) in [6.07, 6.45) is 0.0699. The number of nitrogens with two attached hydrogens (primary N) is 1. The molecule has 3 rings (SSSR count). The van der Waals surface area contributed by atoms with Gasteiger partial charge in [-0.3, -0.25) is 34.2 Å². The molecule has 2 aliphatic heterocycles. The number of carbonyl (C=O) groups is 5. The van der Waals surface area contributed by atoms with Crippen LogP contribution in [0.5, 0.6) is 5.75 Å². The average molecular weight is 507 g/mol. The van der Waals surface area contributed by atoms with Crippen LogP contribution in [-0.2, 0) is 28.6 Å². The van der Waals surface area contributed by atoms with Gasteiger partial charge >= 0.3 is 0 Å². The molecular formula is C23H30N4O9. The van der Waals surface area contributed by atoms with E-state index < -0.39 is 35.6 Å². The molecule has 0 saturated carbocycles. The lowest BCUT2D eigenvalue weighted by molar-refractivity contribution is -0.136. The van der Waals surface area contributed by atoms with Crippen molar-refractivity contribution >= 4 is 29.5 Å². The lowest BCUT2D eigenvalue weighted by Gasteiger charge is -2.27. The third-order valence-electron chi connectivity index (χ3n) is 5.36. The molecular weight excluding hydrogens is 476 g/mol. The quantitative estimate of drug-likeness (QED) is 0.189. The second-order valence-corrected chi connectivity index (χ2v) is 7.89. The van der Waals surface area contributed by atoms with Crippen LogP contribution in [-0.4, -0.2) is 99.8 Å². The molecule has 13 nitrogen and oxygen atoms in total. The summed E-state index contributed by atoms with van der Waals surface area (Å²) in [4.78, 5) is 62.4. The molecule has 0 aromatic heterocycles. The van der Waals surface area contributed by atoms with Crippen molar-refractivity contribution in [3.8, 4) is 5.75 Å². The lowest BCUT2D eigenvalue weighted by Crippen LogP contribution is -2.54. The van der Waals surface area contributed by atoms with Crippen LogP contribution in [0.2, 0.25) is 0 Å². The third-order valence-corrected chi connectivity index (χ3v) is 5.36. The second-order valence-electron chi connectivity index (χ2n) is 7.89. The van der Waals surface area contributed by atoms with Crippen LogP contribution in [0.25, 0.3) is 0 Å². The van der Waals surface area contributed by atoms with E-state index in [9.17, 15) is 24.0 Å². The van der Waals surface area contributed by atoms with Gasteiger partial charge in [0, 0.05) is 19.5 Å². The molecule has 4 N–H and O–H groups in total. The van der Waals surface area contributed by atoms with E-state index in [0.29, 0.717) is 39.6 Å². The Balaban J connectivity index is 1.40. The molecule has 1 aromatic carbocycles. The minimum Gasteiger partial charge on any atom is -0.483 e. The molecule has 1 unspecified atom stereocenters. The van der Waals surface area contributed by atoms with E-state index in [2.05, 4.69) is 10.6 Å². The van der Waals surface area contributed by atoms with Gasteiger partial charge in [0.2, 0.25) is 11.8 Å². The number of hydrogen-bond acceptors (Lipinski definition) is 10. The van der Waals surface area contributed by atoms with Gasteiger partial charge in [-0.05, 0) is 18.6 Å². The Labute approximate surface area is 207 Å². The van der Waals surface area contributed by atoms with Gasteiger partial charge in [-0.1, -0.05) is 6.07 Å². The topological polar surface area (TPSA) is 176 Å². The zero-order chi connectivity index (χ0) is 25.9. The van der Waals surface area contributed by atoms with Crippen LogP contribution < -0.4 is 21.1 Å². The fourth-order valence-electron chi connectivity index (χ4n) is 3.69. The molecule has 2 aliphatic rings. The van der Waals surface area contributed by atoms with Crippen LogP contribution in [0.1, 0.15) is 33.6 Å². The summed E-state index contributed by atoms with van der Waals surface area (Å²) in [7, 11) is 0. The highest BCUT2D eigenvalue weighted by Crippen LogP contribution is 2.33. The fraction of sp³-hybridized carbons (Fsp3) is 0.522. The smallest absolute Gasteiger partial charge is 0.266 e.